The molecular weight excluding hydrogens is 240 g/mol. The molecule has 0 amide bonds. The fourth-order valence-electron chi connectivity index (χ4n) is 1.70. The van der Waals surface area contributed by atoms with Gasteiger partial charge in [-0.2, -0.15) is 15.8 Å². The molecule has 0 aromatic heterocycles. The quantitative estimate of drug-likeness (QED) is 0.413. The molecule has 0 fully saturated rings. The zero-order chi connectivity index (χ0) is 15.2. The van der Waals surface area contributed by atoms with Gasteiger partial charge in [0.25, 0.3) is 0 Å². The normalized spacial score (nSPS) is 10.3. The van der Waals surface area contributed by atoms with Gasteiger partial charge >= 0.3 is 0 Å². The van der Waals surface area contributed by atoms with Crippen LogP contribution in [0.15, 0.2) is 0 Å². The molecule has 0 saturated heterocycles. The SMILES string of the molecule is CC(C)N(C#N)C(N(C#N)C(C)C)N(C#N)C(C)C. The topological polar surface area (TPSA) is 81.1 Å². The van der Waals surface area contributed by atoms with Crippen molar-refractivity contribution < 1.29 is 0 Å². The van der Waals surface area contributed by atoms with Gasteiger partial charge in [0, 0.05) is 18.1 Å². The van der Waals surface area contributed by atoms with Crippen molar-refractivity contribution in [2.75, 3.05) is 0 Å². The van der Waals surface area contributed by atoms with E-state index in [0.717, 1.165) is 0 Å². The van der Waals surface area contributed by atoms with E-state index in [0.29, 0.717) is 0 Å². The second kappa shape index (κ2) is 7.34. The standard InChI is InChI=1S/C13H22N6/c1-10(2)17(7-14)13(18(8-15)11(3)4)19(9-16)12(5)6/h10-13H,1-6H3. The predicted molar refractivity (Wildman–Crippen MR) is 71.6 cm³/mol. The molecule has 0 aliphatic rings. The average molecular weight is 262 g/mol. The van der Waals surface area contributed by atoms with Crippen LogP contribution in [0.1, 0.15) is 41.5 Å². The molecular formula is C13H22N6. The van der Waals surface area contributed by atoms with Crippen molar-refractivity contribution in [3.05, 3.63) is 0 Å². The van der Waals surface area contributed by atoms with Gasteiger partial charge in [-0.05, 0) is 41.5 Å². The van der Waals surface area contributed by atoms with E-state index in [9.17, 15) is 15.8 Å². The Hall–Kier alpha value is -2.13. The van der Waals surface area contributed by atoms with Crippen LogP contribution in [0.25, 0.3) is 0 Å². The van der Waals surface area contributed by atoms with Crippen molar-refractivity contribution in [1.82, 2.24) is 14.7 Å². The minimum Gasteiger partial charge on any atom is -0.267 e. The molecule has 0 aliphatic carbocycles. The van der Waals surface area contributed by atoms with Crippen LogP contribution < -0.4 is 0 Å². The fraction of sp³-hybridized carbons (Fsp3) is 0.769. The summed E-state index contributed by atoms with van der Waals surface area (Å²) in [6, 6.07) is -0.294. The molecule has 0 bridgehead atoms. The molecule has 19 heavy (non-hydrogen) atoms. The van der Waals surface area contributed by atoms with E-state index in [4.69, 9.17) is 0 Å². The zero-order valence-electron chi connectivity index (χ0n) is 12.5. The Morgan fingerprint density at radius 1 is 0.579 bits per heavy atom. The van der Waals surface area contributed by atoms with Crippen molar-refractivity contribution >= 4 is 0 Å². The maximum atomic E-state index is 9.32. The van der Waals surface area contributed by atoms with Gasteiger partial charge in [0.05, 0.1) is 0 Å². The highest BCUT2D eigenvalue weighted by atomic mass is 15.5. The fourth-order valence-corrected chi connectivity index (χ4v) is 1.70. The van der Waals surface area contributed by atoms with Crippen molar-refractivity contribution in [1.29, 1.82) is 15.8 Å². The third-order valence-electron chi connectivity index (χ3n) is 2.76. The highest BCUT2D eigenvalue weighted by Crippen LogP contribution is 2.18. The smallest absolute Gasteiger partial charge is 0.206 e. The number of nitrogens with zero attached hydrogens (tertiary/aromatic N) is 6. The molecule has 6 heteroatoms. The predicted octanol–water partition coefficient (Wildman–Crippen LogP) is 1.84. The van der Waals surface area contributed by atoms with Crippen LogP contribution in [0, 0.1) is 34.4 Å². The molecule has 0 unspecified atom stereocenters. The second-order valence-corrected chi connectivity index (χ2v) is 5.15. The maximum Gasteiger partial charge on any atom is 0.206 e. The number of rotatable bonds is 6. The Balaban J connectivity index is 5.69. The number of nitriles is 3. The number of hydrogen-bond acceptors (Lipinski definition) is 6. The van der Waals surface area contributed by atoms with E-state index in [1.807, 2.05) is 41.5 Å². The van der Waals surface area contributed by atoms with Crippen LogP contribution in [-0.4, -0.2) is 39.1 Å². The summed E-state index contributed by atoms with van der Waals surface area (Å²) in [6.45, 7) is 11.2. The Morgan fingerprint density at radius 2 is 0.789 bits per heavy atom. The van der Waals surface area contributed by atoms with E-state index in [1.54, 1.807) is 0 Å². The van der Waals surface area contributed by atoms with Crippen LogP contribution in [0.4, 0.5) is 0 Å². The van der Waals surface area contributed by atoms with E-state index in [-0.39, 0.29) is 18.1 Å². The highest BCUT2D eigenvalue weighted by Gasteiger charge is 2.34. The van der Waals surface area contributed by atoms with Gasteiger partial charge in [-0.15, -0.1) is 0 Å². The summed E-state index contributed by atoms with van der Waals surface area (Å²) in [4.78, 5) is 4.39. The summed E-state index contributed by atoms with van der Waals surface area (Å²) in [5.41, 5.74) is 0. The Bertz CT molecular complexity index is 333. The van der Waals surface area contributed by atoms with Gasteiger partial charge in [0.1, 0.15) is 0 Å². The third-order valence-corrected chi connectivity index (χ3v) is 2.76. The van der Waals surface area contributed by atoms with E-state index >= 15 is 0 Å². The molecule has 104 valence electrons. The van der Waals surface area contributed by atoms with Crippen LogP contribution in [0.5, 0.6) is 0 Å². The molecule has 0 spiro atoms. The average Bonchev–Trinajstić information content (AvgIpc) is 2.29. The molecule has 0 N–H and O–H groups in total. The molecule has 0 aromatic carbocycles. The molecule has 0 aromatic rings. The molecule has 0 saturated carbocycles. The van der Waals surface area contributed by atoms with Crippen LogP contribution in [-0.2, 0) is 0 Å². The largest absolute Gasteiger partial charge is 0.267 e. The van der Waals surface area contributed by atoms with Crippen LogP contribution in [0.2, 0.25) is 0 Å². The van der Waals surface area contributed by atoms with Gasteiger partial charge in [0.2, 0.25) is 6.29 Å². The van der Waals surface area contributed by atoms with E-state index < -0.39 is 6.29 Å². The third kappa shape index (κ3) is 3.93. The Labute approximate surface area is 116 Å². The van der Waals surface area contributed by atoms with Gasteiger partial charge in [-0.1, -0.05) is 0 Å². The first-order valence-corrected chi connectivity index (χ1v) is 6.35. The lowest BCUT2D eigenvalue weighted by atomic mass is 10.2. The summed E-state index contributed by atoms with van der Waals surface area (Å²) < 4.78 is 0. The Morgan fingerprint density at radius 3 is 0.895 bits per heavy atom. The lowest BCUT2D eigenvalue weighted by Gasteiger charge is -2.43. The van der Waals surface area contributed by atoms with Crippen molar-refractivity contribution in [3.8, 4) is 18.6 Å². The number of hydrogen-bond donors (Lipinski definition) is 0. The first-order valence-electron chi connectivity index (χ1n) is 6.35. The monoisotopic (exact) mass is 262 g/mol. The molecule has 6 nitrogen and oxygen atoms in total. The molecule has 0 atom stereocenters. The van der Waals surface area contributed by atoms with Crippen LogP contribution in [0.3, 0.4) is 0 Å². The maximum absolute atomic E-state index is 9.32. The first kappa shape index (κ1) is 16.9. The molecule has 0 aliphatic heterocycles. The van der Waals surface area contributed by atoms with Gasteiger partial charge in [-0.3, -0.25) is 14.7 Å². The van der Waals surface area contributed by atoms with Crippen molar-refractivity contribution in [3.63, 3.8) is 0 Å². The Kier molecular flexibility index (Phi) is 6.51. The molecule has 0 heterocycles. The summed E-state index contributed by atoms with van der Waals surface area (Å²) in [5.74, 6) is 0. The summed E-state index contributed by atoms with van der Waals surface area (Å²) in [6.07, 6.45) is 5.59. The lowest BCUT2D eigenvalue weighted by molar-refractivity contribution is -0.0247. The summed E-state index contributed by atoms with van der Waals surface area (Å²) in [5, 5.41) is 28.0. The van der Waals surface area contributed by atoms with Gasteiger partial charge in [-0.25, -0.2) is 0 Å². The van der Waals surface area contributed by atoms with Gasteiger partial charge < -0.3 is 0 Å². The van der Waals surface area contributed by atoms with E-state index in [1.165, 1.54) is 14.7 Å². The minimum atomic E-state index is -0.681. The molecule has 0 rings (SSSR count). The summed E-state index contributed by atoms with van der Waals surface area (Å²) >= 11 is 0. The second-order valence-electron chi connectivity index (χ2n) is 5.15. The first-order chi connectivity index (χ1) is 8.81. The van der Waals surface area contributed by atoms with Crippen LogP contribution >= 0.6 is 0 Å². The van der Waals surface area contributed by atoms with Gasteiger partial charge in [0.15, 0.2) is 18.6 Å². The molecule has 0 radical (unpaired) electrons. The minimum absolute atomic E-state index is 0.0980. The zero-order valence-corrected chi connectivity index (χ0v) is 12.5. The highest BCUT2D eigenvalue weighted by molar-refractivity contribution is 4.96. The summed E-state index contributed by atoms with van der Waals surface area (Å²) in [7, 11) is 0. The van der Waals surface area contributed by atoms with Crippen molar-refractivity contribution in [2.24, 2.45) is 0 Å². The lowest BCUT2D eigenvalue weighted by Crippen LogP contribution is -2.59. The van der Waals surface area contributed by atoms with E-state index in [2.05, 4.69) is 18.6 Å². The van der Waals surface area contributed by atoms with Crippen molar-refractivity contribution in [2.45, 2.75) is 66.0 Å².